The van der Waals surface area contributed by atoms with Crippen LogP contribution < -0.4 is 0 Å². The number of unbranched alkanes of at least 4 members (excludes halogenated alkanes) is 5. The molecule has 0 radical (unpaired) electrons. The van der Waals surface area contributed by atoms with E-state index >= 15 is 0 Å². The number of rotatable bonds is 15. The van der Waals surface area contributed by atoms with E-state index in [0.717, 1.165) is 53.7 Å². The molecule has 0 aliphatic carbocycles. The Balaban J connectivity index is 1.25. The molecule has 0 spiro atoms. The van der Waals surface area contributed by atoms with Crippen LogP contribution in [-0.2, 0) is 16.0 Å². The molecule has 0 bridgehead atoms. The first kappa shape index (κ1) is 33.3. The second-order valence-corrected chi connectivity index (χ2v) is 13.1. The van der Waals surface area contributed by atoms with Crippen molar-refractivity contribution >= 4 is 46.8 Å². The number of hydrogen-bond donors (Lipinski definition) is 0. The van der Waals surface area contributed by atoms with Crippen LogP contribution in [0.3, 0.4) is 0 Å². The number of nitrogens with zero attached hydrogens (tertiary/aromatic N) is 5. The van der Waals surface area contributed by atoms with Gasteiger partial charge in [-0.3, -0.25) is 14.2 Å². The van der Waals surface area contributed by atoms with Gasteiger partial charge in [0, 0.05) is 50.7 Å². The van der Waals surface area contributed by atoms with Crippen molar-refractivity contribution in [3.63, 3.8) is 0 Å². The minimum absolute atomic E-state index is 0.0641. The van der Waals surface area contributed by atoms with Crippen molar-refractivity contribution in [2.24, 2.45) is 0 Å². The van der Waals surface area contributed by atoms with E-state index in [2.05, 4.69) is 36.2 Å². The van der Waals surface area contributed by atoms with E-state index in [1.807, 2.05) is 44.7 Å². The fourth-order valence-electron chi connectivity index (χ4n) is 5.45. The van der Waals surface area contributed by atoms with E-state index in [1.54, 1.807) is 17.8 Å². The van der Waals surface area contributed by atoms with Crippen LogP contribution in [-0.4, -0.2) is 67.8 Å². The summed E-state index contributed by atoms with van der Waals surface area (Å²) in [4.78, 5) is 29.6. The molecule has 1 aliphatic heterocycles. The molecule has 4 rings (SSSR count). The zero-order valence-corrected chi connectivity index (χ0v) is 27.6. The average Bonchev–Trinajstić information content (AvgIpc) is 3.40. The van der Waals surface area contributed by atoms with Crippen LogP contribution >= 0.6 is 35.0 Å². The zero-order valence-electron chi connectivity index (χ0n) is 25.3. The van der Waals surface area contributed by atoms with Crippen molar-refractivity contribution in [1.82, 2.24) is 24.6 Å². The third kappa shape index (κ3) is 9.72. The number of amides is 2. The van der Waals surface area contributed by atoms with Crippen LogP contribution in [0, 0.1) is 0 Å². The van der Waals surface area contributed by atoms with Crippen molar-refractivity contribution < 1.29 is 9.59 Å². The molecule has 2 heterocycles. The van der Waals surface area contributed by atoms with Gasteiger partial charge in [0.25, 0.3) is 0 Å². The Morgan fingerprint density at radius 3 is 2.37 bits per heavy atom. The smallest absolute Gasteiger partial charge is 0.222 e. The van der Waals surface area contributed by atoms with E-state index in [0.29, 0.717) is 48.9 Å². The summed E-state index contributed by atoms with van der Waals surface area (Å²) in [6.45, 7) is 6.12. The highest BCUT2D eigenvalue weighted by atomic mass is 35.5. The molecule has 0 N–H and O–H groups in total. The normalized spacial score (nSPS) is 15.2. The molecule has 43 heavy (non-hydrogen) atoms. The molecule has 1 atom stereocenters. The van der Waals surface area contributed by atoms with Crippen molar-refractivity contribution in [3.05, 3.63) is 70.0 Å². The number of benzene rings is 2. The van der Waals surface area contributed by atoms with Crippen LogP contribution in [0.25, 0.3) is 5.69 Å². The van der Waals surface area contributed by atoms with E-state index in [-0.39, 0.29) is 17.9 Å². The first-order valence-electron chi connectivity index (χ1n) is 15.5. The number of piperazine rings is 1. The Morgan fingerprint density at radius 2 is 1.63 bits per heavy atom. The number of carbonyl (C=O) groups is 2. The third-order valence-electron chi connectivity index (χ3n) is 7.88. The number of halogens is 2. The molecule has 2 aromatic carbocycles. The summed E-state index contributed by atoms with van der Waals surface area (Å²) in [6, 6.07) is 15.8. The van der Waals surface area contributed by atoms with Crippen molar-refractivity contribution in [2.45, 2.75) is 89.3 Å². The highest BCUT2D eigenvalue weighted by Crippen LogP contribution is 2.29. The molecule has 1 fully saturated rings. The number of aromatic nitrogens is 3. The lowest BCUT2D eigenvalue weighted by atomic mass is 10.1. The molecule has 1 saturated heterocycles. The molecule has 3 aromatic rings. The summed E-state index contributed by atoms with van der Waals surface area (Å²) in [5.41, 5.74) is 2.01. The summed E-state index contributed by atoms with van der Waals surface area (Å²) in [6.07, 6.45) is 9.17. The van der Waals surface area contributed by atoms with Gasteiger partial charge >= 0.3 is 0 Å². The zero-order chi connectivity index (χ0) is 30.6. The predicted molar refractivity (Wildman–Crippen MR) is 176 cm³/mol. The van der Waals surface area contributed by atoms with Crippen LogP contribution in [0.1, 0.15) is 83.0 Å². The van der Waals surface area contributed by atoms with Crippen molar-refractivity contribution in [1.29, 1.82) is 0 Å². The van der Waals surface area contributed by atoms with Gasteiger partial charge in [-0.2, -0.15) is 0 Å². The highest BCUT2D eigenvalue weighted by molar-refractivity contribution is 7.99. The van der Waals surface area contributed by atoms with E-state index < -0.39 is 0 Å². The van der Waals surface area contributed by atoms with Gasteiger partial charge in [0.05, 0.1) is 15.7 Å². The Hall–Kier alpha value is -2.55. The van der Waals surface area contributed by atoms with Crippen molar-refractivity contribution in [3.8, 4) is 5.69 Å². The molecule has 2 amide bonds. The van der Waals surface area contributed by atoms with Crippen molar-refractivity contribution in [2.75, 3.05) is 25.4 Å². The van der Waals surface area contributed by atoms with Gasteiger partial charge in [0.1, 0.15) is 5.82 Å². The summed E-state index contributed by atoms with van der Waals surface area (Å²) in [5, 5.41) is 10.8. The van der Waals surface area contributed by atoms with Gasteiger partial charge in [-0.25, -0.2) is 0 Å². The van der Waals surface area contributed by atoms with E-state index in [9.17, 15) is 9.59 Å². The Labute approximate surface area is 270 Å². The summed E-state index contributed by atoms with van der Waals surface area (Å²) < 4.78 is 2.04. The van der Waals surface area contributed by atoms with Gasteiger partial charge in [0.15, 0.2) is 5.16 Å². The van der Waals surface area contributed by atoms with Crippen LogP contribution in [0.5, 0.6) is 0 Å². The maximum atomic E-state index is 13.0. The SMILES string of the molecule is CCCCCCCC(=O)N1CCN(C(=O)CCCCSc2nnc(Cc3ccccc3)n2-c2ccc(Cl)c(Cl)c2)CC1C. The quantitative estimate of drug-likeness (QED) is 0.125. The lowest BCUT2D eigenvalue weighted by Gasteiger charge is -2.40. The minimum atomic E-state index is 0.0641. The second-order valence-electron chi connectivity index (χ2n) is 11.2. The Bertz CT molecular complexity index is 1340. The Kier molecular flexibility index (Phi) is 13.2. The minimum Gasteiger partial charge on any atom is -0.339 e. The number of carbonyl (C=O) groups excluding carboxylic acids is 2. The molecule has 1 aromatic heterocycles. The maximum Gasteiger partial charge on any atom is 0.222 e. The molecule has 1 unspecified atom stereocenters. The van der Waals surface area contributed by atoms with E-state index in [4.69, 9.17) is 23.2 Å². The molecular formula is C33H43Cl2N5O2S. The second kappa shape index (κ2) is 17.1. The first-order valence-corrected chi connectivity index (χ1v) is 17.2. The molecular weight excluding hydrogens is 601 g/mol. The Morgan fingerprint density at radius 1 is 0.884 bits per heavy atom. The lowest BCUT2D eigenvalue weighted by Crippen LogP contribution is -2.55. The van der Waals surface area contributed by atoms with Gasteiger partial charge in [-0.1, -0.05) is 97.9 Å². The fraction of sp³-hybridized carbons (Fsp3) is 0.515. The molecule has 10 heteroatoms. The predicted octanol–water partition coefficient (Wildman–Crippen LogP) is 7.85. The largest absolute Gasteiger partial charge is 0.339 e. The summed E-state index contributed by atoms with van der Waals surface area (Å²) in [7, 11) is 0. The molecule has 1 aliphatic rings. The van der Waals surface area contributed by atoms with E-state index in [1.165, 1.54) is 19.3 Å². The summed E-state index contributed by atoms with van der Waals surface area (Å²) >= 11 is 14.2. The molecule has 7 nitrogen and oxygen atoms in total. The number of hydrogen-bond acceptors (Lipinski definition) is 5. The molecule has 0 saturated carbocycles. The van der Waals surface area contributed by atoms with Crippen LogP contribution in [0.15, 0.2) is 53.7 Å². The monoisotopic (exact) mass is 643 g/mol. The van der Waals surface area contributed by atoms with Gasteiger partial charge in [-0.15, -0.1) is 10.2 Å². The average molecular weight is 645 g/mol. The fourth-order valence-corrected chi connectivity index (χ4v) is 6.71. The highest BCUT2D eigenvalue weighted by Gasteiger charge is 2.29. The number of thioether (sulfide) groups is 1. The first-order chi connectivity index (χ1) is 20.9. The van der Waals surface area contributed by atoms with Gasteiger partial charge < -0.3 is 9.80 Å². The van der Waals surface area contributed by atoms with Gasteiger partial charge in [0.2, 0.25) is 11.8 Å². The lowest BCUT2D eigenvalue weighted by molar-refractivity contribution is -0.142. The van der Waals surface area contributed by atoms with Gasteiger partial charge in [-0.05, 0) is 49.9 Å². The third-order valence-corrected chi connectivity index (χ3v) is 9.63. The summed E-state index contributed by atoms with van der Waals surface area (Å²) in [5.74, 6) is 2.04. The maximum absolute atomic E-state index is 13.0. The molecule has 232 valence electrons. The van der Waals surface area contributed by atoms with Crippen LogP contribution in [0.2, 0.25) is 10.0 Å². The standard InChI is InChI=1S/C33H43Cl2N5O2S/c1-3-4-5-6-10-16-32(42)39-20-19-38(24-25(39)2)31(41)15-11-12-21-43-33-37-36-30(22-26-13-8-7-9-14-26)40(33)27-17-18-28(34)29(35)23-27/h7-9,13-14,17-18,23,25H,3-6,10-12,15-16,19-22,24H2,1-2H3. The van der Waals surface area contributed by atoms with Crippen LogP contribution in [0.4, 0.5) is 0 Å². The topological polar surface area (TPSA) is 71.3 Å².